The van der Waals surface area contributed by atoms with E-state index in [1.807, 2.05) is 60.1 Å². The molecule has 0 aliphatic carbocycles. The molecular formula is C34H46N6O5. The fourth-order valence-electron chi connectivity index (χ4n) is 5.22. The highest BCUT2D eigenvalue weighted by atomic mass is 16.5. The maximum absolute atomic E-state index is 13.7. The zero-order chi connectivity index (χ0) is 32.0. The number of hydrogen-bond acceptors (Lipinski definition) is 8. The van der Waals surface area contributed by atoms with E-state index in [0.29, 0.717) is 77.1 Å². The molecule has 2 heterocycles. The molecule has 2 aromatic carbocycles. The minimum absolute atomic E-state index is 0.0604. The Bertz CT molecular complexity index is 1420. The van der Waals surface area contributed by atoms with Gasteiger partial charge in [0.1, 0.15) is 11.5 Å². The highest BCUT2D eigenvalue weighted by Gasteiger charge is 2.29. The van der Waals surface area contributed by atoms with E-state index >= 15 is 0 Å². The molecule has 45 heavy (non-hydrogen) atoms. The molecule has 0 atom stereocenters. The lowest BCUT2D eigenvalue weighted by Gasteiger charge is -2.28. The molecule has 0 saturated carbocycles. The van der Waals surface area contributed by atoms with E-state index in [1.165, 1.54) is 0 Å². The van der Waals surface area contributed by atoms with Crippen LogP contribution in [-0.2, 0) is 36.9 Å². The van der Waals surface area contributed by atoms with Gasteiger partial charge in [-0.05, 0) is 18.1 Å². The van der Waals surface area contributed by atoms with E-state index in [1.54, 1.807) is 4.90 Å². The number of anilines is 1. The quantitative estimate of drug-likeness (QED) is 0.204. The largest absolute Gasteiger partial charge is 0.380 e. The van der Waals surface area contributed by atoms with Gasteiger partial charge in [0.15, 0.2) is 0 Å². The van der Waals surface area contributed by atoms with Gasteiger partial charge in [0, 0.05) is 62.5 Å². The lowest BCUT2D eigenvalue weighted by atomic mass is 9.95. The van der Waals surface area contributed by atoms with Gasteiger partial charge < -0.3 is 25.0 Å². The second kappa shape index (κ2) is 17.5. The van der Waals surface area contributed by atoms with Crippen molar-refractivity contribution < 1.29 is 23.9 Å². The summed E-state index contributed by atoms with van der Waals surface area (Å²) >= 11 is 0. The Balaban J connectivity index is 1.41. The first kappa shape index (κ1) is 34.0. The molecule has 0 bridgehead atoms. The number of amides is 2. The average molecular weight is 619 g/mol. The van der Waals surface area contributed by atoms with Crippen molar-refractivity contribution in [2.45, 2.75) is 72.0 Å². The first-order valence-corrected chi connectivity index (χ1v) is 16.0. The van der Waals surface area contributed by atoms with Crippen LogP contribution in [0.2, 0.25) is 0 Å². The topological polar surface area (TPSA) is 128 Å². The van der Waals surface area contributed by atoms with Crippen LogP contribution in [0.3, 0.4) is 0 Å². The number of benzene rings is 2. The van der Waals surface area contributed by atoms with Crippen LogP contribution in [-0.4, -0.2) is 78.2 Å². The van der Waals surface area contributed by atoms with Crippen LogP contribution in [0, 0.1) is 0 Å². The summed E-state index contributed by atoms with van der Waals surface area (Å²) in [6.45, 7) is 10.0. The number of nitrogens with one attached hydrogen (secondary N) is 2. The van der Waals surface area contributed by atoms with Gasteiger partial charge in [-0.1, -0.05) is 68.4 Å². The first-order chi connectivity index (χ1) is 21.9. The molecule has 0 fully saturated rings. The zero-order valence-corrected chi connectivity index (χ0v) is 26.7. The third-order valence-electron chi connectivity index (χ3n) is 7.61. The summed E-state index contributed by atoms with van der Waals surface area (Å²) in [4.78, 5) is 39.3. The molecule has 1 aliphatic rings. The summed E-state index contributed by atoms with van der Waals surface area (Å²) in [6, 6.07) is 16.1. The molecule has 1 aromatic heterocycles. The molecule has 3 aromatic rings. The molecule has 242 valence electrons. The summed E-state index contributed by atoms with van der Waals surface area (Å²) in [6.07, 6.45) is 1.86. The fourth-order valence-corrected chi connectivity index (χ4v) is 5.22. The molecule has 1 aliphatic heterocycles. The van der Waals surface area contributed by atoms with E-state index in [2.05, 4.69) is 34.8 Å². The smallest absolute Gasteiger partial charge is 0.227 e. The number of fused-ring (bicyclic) bond motifs is 5. The van der Waals surface area contributed by atoms with Gasteiger partial charge in [-0.2, -0.15) is 0 Å². The van der Waals surface area contributed by atoms with Crippen LogP contribution in [0.25, 0.3) is 22.5 Å². The molecule has 11 heteroatoms. The van der Waals surface area contributed by atoms with Crippen LogP contribution in [0.4, 0.5) is 5.69 Å². The van der Waals surface area contributed by atoms with Crippen molar-refractivity contribution in [1.82, 2.24) is 25.6 Å². The highest BCUT2D eigenvalue weighted by molar-refractivity contribution is 6.01. The maximum atomic E-state index is 13.7. The summed E-state index contributed by atoms with van der Waals surface area (Å²) in [5.41, 5.74) is 5.07. The fraction of sp³-hybridized carbons (Fsp3) is 0.500. The number of hydrogen-bond donors (Lipinski definition) is 2. The number of carbonyl (C=O) groups is 3. The summed E-state index contributed by atoms with van der Waals surface area (Å²) in [5.74, 6) is -0.134. The van der Waals surface area contributed by atoms with Crippen molar-refractivity contribution in [1.29, 1.82) is 0 Å². The monoisotopic (exact) mass is 618 g/mol. The molecule has 0 saturated heterocycles. The third-order valence-corrected chi connectivity index (χ3v) is 7.61. The Morgan fingerprint density at radius 3 is 2.42 bits per heavy atom. The second-order valence-corrected chi connectivity index (χ2v) is 11.3. The summed E-state index contributed by atoms with van der Waals surface area (Å²) in [5, 5.41) is 15.3. The predicted molar refractivity (Wildman–Crippen MR) is 174 cm³/mol. The third kappa shape index (κ3) is 9.78. The molecule has 11 nitrogen and oxygen atoms in total. The van der Waals surface area contributed by atoms with Gasteiger partial charge in [-0.25, -0.2) is 4.68 Å². The average Bonchev–Trinajstić information content (AvgIpc) is 3.45. The number of carbonyl (C=O) groups excluding carboxylic acids is 3. The van der Waals surface area contributed by atoms with Crippen LogP contribution in [0.1, 0.15) is 58.4 Å². The first-order valence-electron chi connectivity index (χ1n) is 16.0. The van der Waals surface area contributed by atoms with Crippen molar-refractivity contribution in [2.75, 3.05) is 44.4 Å². The number of ether oxygens (including phenoxy) is 2. The predicted octanol–water partition coefficient (Wildman–Crippen LogP) is 4.15. The van der Waals surface area contributed by atoms with E-state index in [4.69, 9.17) is 9.47 Å². The Morgan fingerprint density at radius 2 is 1.62 bits per heavy atom. The lowest BCUT2D eigenvalue weighted by Crippen LogP contribution is -2.34. The maximum Gasteiger partial charge on any atom is 0.227 e. The van der Waals surface area contributed by atoms with Crippen molar-refractivity contribution >= 4 is 23.3 Å². The number of aromatic nitrogens is 3. The molecule has 0 spiro atoms. The van der Waals surface area contributed by atoms with E-state index in [0.717, 1.165) is 34.6 Å². The van der Waals surface area contributed by atoms with Crippen LogP contribution < -0.4 is 15.5 Å². The Morgan fingerprint density at radius 1 is 0.889 bits per heavy atom. The van der Waals surface area contributed by atoms with Crippen molar-refractivity contribution in [3.05, 3.63) is 54.1 Å². The number of ketones is 1. The molecule has 2 N–H and O–H groups in total. The van der Waals surface area contributed by atoms with Crippen molar-refractivity contribution in [2.24, 2.45) is 0 Å². The van der Waals surface area contributed by atoms with Crippen LogP contribution in [0.15, 0.2) is 48.5 Å². The molecular weight excluding hydrogens is 572 g/mol. The van der Waals surface area contributed by atoms with Gasteiger partial charge in [0.25, 0.3) is 0 Å². The van der Waals surface area contributed by atoms with Gasteiger partial charge in [-0.15, -0.1) is 5.10 Å². The second-order valence-electron chi connectivity index (χ2n) is 11.3. The Hall–Kier alpha value is -3.93. The zero-order valence-electron chi connectivity index (χ0n) is 26.7. The molecule has 2 amide bonds. The normalized spacial score (nSPS) is 12.2. The van der Waals surface area contributed by atoms with Gasteiger partial charge in [0.05, 0.1) is 44.3 Å². The van der Waals surface area contributed by atoms with E-state index in [-0.39, 0.29) is 30.4 Å². The SMILES string of the molecule is CCC(=O)CCCOCCNC(=O)CCC(=O)N1Cc2ccccc2-c2c(nnn2CCOCCNC(C)C)-c2ccccc21. The molecule has 0 unspecified atom stereocenters. The number of nitrogens with zero attached hydrogens (tertiary/aromatic N) is 4. The summed E-state index contributed by atoms with van der Waals surface area (Å²) in [7, 11) is 0. The highest BCUT2D eigenvalue weighted by Crippen LogP contribution is 2.41. The lowest BCUT2D eigenvalue weighted by molar-refractivity contribution is -0.125. The molecule has 0 radical (unpaired) electrons. The Labute approximate surface area is 265 Å². The van der Waals surface area contributed by atoms with Crippen molar-refractivity contribution in [3.63, 3.8) is 0 Å². The number of Topliss-reactive ketones (excluding diaryl/α,β-unsaturated/α-hetero) is 1. The minimum Gasteiger partial charge on any atom is -0.380 e. The van der Waals surface area contributed by atoms with E-state index < -0.39 is 0 Å². The van der Waals surface area contributed by atoms with Gasteiger partial charge in [-0.3, -0.25) is 14.4 Å². The van der Waals surface area contributed by atoms with Crippen molar-refractivity contribution in [3.8, 4) is 22.5 Å². The van der Waals surface area contributed by atoms with Gasteiger partial charge in [0.2, 0.25) is 11.8 Å². The summed E-state index contributed by atoms with van der Waals surface area (Å²) < 4.78 is 13.3. The van der Waals surface area contributed by atoms with Crippen LogP contribution in [0.5, 0.6) is 0 Å². The molecule has 4 rings (SSSR count). The minimum atomic E-state index is -0.207. The van der Waals surface area contributed by atoms with E-state index in [9.17, 15) is 14.4 Å². The van der Waals surface area contributed by atoms with Crippen LogP contribution >= 0.6 is 0 Å². The number of rotatable bonds is 18. The standard InChI is InChI=1S/C34H46N6O5/c1-4-27(41)11-9-20-44-22-18-36-31(42)15-16-32(43)39-24-26-10-5-6-12-28(26)34-33(29-13-7-8-14-30(29)39)37-38-40(34)19-23-45-21-17-35-25(2)3/h5-8,10,12-14,25,35H,4,9,11,15-24H2,1-3H3,(H,36,42). The van der Waals surface area contributed by atoms with Gasteiger partial charge >= 0.3 is 0 Å². The number of para-hydroxylation sites is 1. The Kier molecular flexibility index (Phi) is 13.2.